The van der Waals surface area contributed by atoms with Crippen LogP contribution in [0.1, 0.15) is 11.1 Å². The molecule has 2 N–H and O–H groups in total. The summed E-state index contributed by atoms with van der Waals surface area (Å²) in [6.07, 6.45) is 1.42. The molecule has 0 aromatic heterocycles. The van der Waals surface area contributed by atoms with Crippen LogP contribution in [0.4, 0.5) is 10.5 Å². The van der Waals surface area contributed by atoms with Crippen molar-refractivity contribution in [3.05, 3.63) is 58.2 Å². The number of benzene rings is 2. The molecule has 0 atom stereocenters. The van der Waals surface area contributed by atoms with Crippen LogP contribution in [0, 0.1) is 6.92 Å². The maximum atomic E-state index is 12.6. The lowest BCUT2D eigenvalue weighted by molar-refractivity contribution is -0.127. The number of urea groups is 1. The molecule has 2 aromatic rings. The number of anilines is 1. The van der Waals surface area contributed by atoms with Gasteiger partial charge >= 0.3 is 6.03 Å². The second kappa shape index (κ2) is 8.87. The van der Waals surface area contributed by atoms with E-state index in [0.29, 0.717) is 27.8 Å². The van der Waals surface area contributed by atoms with Gasteiger partial charge in [-0.1, -0.05) is 23.7 Å². The number of aryl methyl sites for hydroxylation is 1. The highest BCUT2D eigenvalue weighted by Crippen LogP contribution is 2.34. The van der Waals surface area contributed by atoms with Crippen molar-refractivity contribution in [3.8, 4) is 11.5 Å². The van der Waals surface area contributed by atoms with Crippen molar-refractivity contribution in [2.45, 2.75) is 6.92 Å². The Labute approximate surface area is 178 Å². The number of nitrogens with one attached hydrogen (secondary N) is 2. The zero-order chi connectivity index (χ0) is 21.8. The lowest BCUT2D eigenvalue weighted by Crippen LogP contribution is -2.38. The van der Waals surface area contributed by atoms with Crippen LogP contribution in [-0.2, 0) is 9.59 Å². The number of carbonyl (C=O) groups excluding carboxylic acids is 3. The van der Waals surface area contributed by atoms with E-state index in [0.717, 1.165) is 10.5 Å². The summed E-state index contributed by atoms with van der Waals surface area (Å²) in [5.41, 5.74) is 2.00. The van der Waals surface area contributed by atoms with Gasteiger partial charge in [-0.2, -0.15) is 0 Å². The maximum absolute atomic E-state index is 12.6. The molecular formula is C21H20ClN3O5. The number of methoxy groups -OCH3 is 2. The molecule has 1 aliphatic rings. The molecule has 0 unspecified atom stereocenters. The molecule has 30 heavy (non-hydrogen) atoms. The smallest absolute Gasteiger partial charge is 0.329 e. The van der Waals surface area contributed by atoms with Crippen LogP contribution in [0.15, 0.2) is 42.1 Å². The molecule has 0 spiro atoms. The largest absolute Gasteiger partial charge is 0.493 e. The van der Waals surface area contributed by atoms with Gasteiger partial charge in [-0.05, 0) is 42.3 Å². The van der Waals surface area contributed by atoms with Gasteiger partial charge in [0.25, 0.3) is 5.91 Å². The number of hydrogen-bond donors (Lipinski definition) is 2. The Morgan fingerprint density at radius 3 is 2.53 bits per heavy atom. The molecule has 2 aromatic carbocycles. The molecule has 156 valence electrons. The van der Waals surface area contributed by atoms with Crippen LogP contribution >= 0.6 is 11.6 Å². The molecule has 0 aliphatic carbocycles. The van der Waals surface area contributed by atoms with E-state index in [1.807, 2.05) is 13.0 Å². The first-order chi connectivity index (χ1) is 14.3. The normalized spacial score (nSPS) is 14.7. The third kappa shape index (κ3) is 4.55. The van der Waals surface area contributed by atoms with E-state index in [4.69, 9.17) is 21.1 Å². The number of rotatable bonds is 6. The predicted octanol–water partition coefficient (Wildman–Crippen LogP) is 3.20. The summed E-state index contributed by atoms with van der Waals surface area (Å²) in [5.74, 6) is -0.277. The molecule has 0 bridgehead atoms. The highest BCUT2D eigenvalue weighted by Gasteiger charge is 2.35. The fourth-order valence-electron chi connectivity index (χ4n) is 2.92. The average molecular weight is 430 g/mol. The van der Waals surface area contributed by atoms with E-state index in [-0.39, 0.29) is 5.70 Å². The molecule has 0 saturated carbocycles. The van der Waals surface area contributed by atoms with Crippen LogP contribution < -0.4 is 20.1 Å². The zero-order valence-electron chi connectivity index (χ0n) is 16.6. The van der Waals surface area contributed by atoms with Gasteiger partial charge in [0.05, 0.1) is 19.2 Å². The number of nitrogens with zero attached hydrogens (tertiary/aromatic N) is 1. The Kier molecular flexibility index (Phi) is 6.27. The third-order valence-electron chi connectivity index (χ3n) is 4.37. The van der Waals surface area contributed by atoms with Crippen LogP contribution in [0.3, 0.4) is 0 Å². The zero-order valence-corrected chi connectivity index (χ0v) is 17.4. The lowest BCUT2D eigenvalue weighted by Gasteiger charge is -2.12. The fourth-order valence-corrected chi connectivity index (χ4v) is 3.13. The van der Waals surface area contributed by atoms with Gasteiger partial charge in [0, 0.05) is 11.8 Å². The van der Waals surface area contributed by atoms with Gasteiger partial charge in [0.2, 0.25) is 5.91 Å². The Morgan fingerprint density at radius 2 is 1.87 bits per heavy atom. The van der Waals surface area contributed by atoms with Crippen LogP contribution in [0.2, 0.25) is 5.02 Å². The number of halogens is 1. The first-order valence-corrected chi connectivity index (χ1v) is 9.32. The van der Waals surface area contributed by atoms with Gasteiger partial charge < -0.3 is 20.1 Å². The van der Waals surface area contributed by atoms with Crippen LogP contribution in [0.25, 0.3) is 6.08 Å². The number of carbonyl (C=O) groups is 3. The minimum atomic E-state index is -0.692. The molecule has 1 aliphatic heterocycles. The summed E-state index contributed by atoms with van der Waals surface area (Å²) < 4.78 is 10.4. The van der Waals surface area contributed by atoms with Crippen LogP contribution in [-0.4, -0.2) is 43.5 Å². The SMILES string of the molecule is COc1cc(Cl)c(/C=C2\NC(=O)N(CC(=O)Nc3cccc(C)c3)C2=O)cc1OC. The quantitative estimate of drug-likeness (QED) is 0.543. The van der Waals surface area contributed by atoms with Gasteiger partial charge in [0.1, 0.15) is 12.2 Å². The monoisotopic (exact) mass is 429 g/mol. The summed E-state index contributed by atoms with van der Waals surface area (Å²) in [4.78, 5) is 38.0. The Balaban J connectivity index is 1.77. The maximum Gasteiger partial charge on any atom is 0.329 e. The number of imide groups is 1. The van der Waals surface area contributed by atoms with E-state index in [9.17, 15) is 14.4 Å². The van der Waals surface area contributed by atoms with E-state index >= 15 is 0 Å². The minimum absolute atomic E-state index is 0.00234. The van der Waals surface area contributed by atoms with Crippen molar-refractivity contribution < 1.29 is 23.9 Å². The lowest BCUT2D eigenvalue weighted by atomic mass is 10.1. The molecule has 1 heterocycles. The summed E-state index contributed by atoms with van der Waals surface area (Å²) >= 11 is 6.24. The van der Waals surface area contributed by atoms with E-state index in [1.165, 1.54) is 20.3 Å². The molecule has 1 fully saturated rings. The average Bonchev–Trinajstić information content (AvgIpc) is 2.96. The standard InChI is InChI=1S/C21H20ClN3O5/c1-12-5-4-6-14(7-12)23-19(26)11-25-20(27)16(24-21(25)28)8-13-9-17(29-2)18(30-3)10-15(13)22/h4-10H,11H2,1-3H3,(H,23,26)(H,24,28)/b16-8-. The summed E-state index contributed by atoms with van der Waals surface area (Å²) in [5, 5.41) is 5.43. The number of ether oxygens (including phenoxy) is 2. The molecule has 4 amide bonds. The van der Waals surface area contributed by atoms with Crippen molar-refractivity contribution in [2.24, 2.45) is 0 Å². The Hall–Kier alpha value is -3.52. The van der Waals surface area contributed by atoms with E-state index in [2.05, 4.69) is 10.6 Å². The fraction of sp³-hybridized carbons (Fsp3) is 0.190. The first-order valence-electron chi connectivity index (χ1n) is 8.95. The van der Waals surface area contributed by atoms with Crippen molar-refractivity contribution in [2.75, 3.05) is 26.1 Å². The minimum Gasteiger partial charge on any atom is -0.493 e. The van der Waals surface area contributed by atoms with Crippen molar-refractivity contribution in [1.82, 2.24) is 10.2 Å². The van der Waals surface area contributed by atoms with Crippen LogP contribution in [0.5, 0.6) is 11.5 Å². The molecule has 3 rings (SSSR count). The topological polar surface area (TPSA) is 97.0 Å². The summed E-state index contributed by atoms with van der Waals surface area (Å²) in [7, 11) is 2.95. The first kappa shape index (κ1) is 21.2. The highest BCUT2D eigenvalue weighted by molar-refractivity contribution is 6.32. The summed E-state index contributed by atoms with van der Waals surface area (Å²) in [6, 6.07) is 9.63. The Morgan fingerprint density at radius 1 is 1.17 bits per heavy atom. The van der Waals surface area contributed by atoms with Crippen molar-refractivity contribution in [1.29, 1.82) is 0 Å². The molecule has 1 saturated heterocycles. The highest BCUT2D eigenvalue weighted by atomic mass is 35.5. The van der Waals surface area contributed by atoms with E-state index in [1.54, 1.807) is 30.3 Å². The third-order valence-corrected chi connectivity index (χ3v) is 4.70. The molecule has 9 heteroatoms. The number of amides is 4. The van der Waals surface area contributed by atoms with Gasteiger partial charge in [-0.3, -0.25) is 9.59 Å². The molecule has 8 nitrogen and oxygen atoms in total. The van der Waals surface area contributed by atoms with Crippen molar-refractivity contribution in [3.63, 3.8) is 0 Å². The number of hydrogen-bond acceptors (Lipinski definition) is 5. The molecular weight excluding hydrogens is 410 g/mol. The second-order valence-corrected chi connectivity index (χ2v) is 6.93. The van der Waals surface area contributed by atoms with E-state index < -0.39 is 24.4 Å². The van der Waals surface area contributed by atoms with Gasteiger partial charge in [-0.15, -0.1) is 0 Å². The van der Waals surface area contributed by atoms with Gasteiger partial charge in [-0.25, -0.2) is 9.69 Å². The van der Waals surface area contributed by atoms with Gasteiger partial charge in [0.15, 0.2) is 11.5 Å². The summed E-state index contributed by atoms with van der Waals surface area (Å²) in [6.45, 7) is 1.47. The van der Waals surface area contributed by atoms with Crippen molar-refractivity contribution >= 4 is 41.2 Å². The predicted molar refractivity (Wildman–Crippen MR) is 113 cm³/mol. The second-order valence-electron chi connectivity index (χ2n) is 6.53. The Bertz CT molecular complexity index is 1050. The molecule has 0 radical (unpaired) electrons.